The number of para-hydroxylation sites is 4. The van der Waals surface area contributed by atoms with Crippen molar-refractivity contribution >= 4 is 17.6 Å². The Morgan fingerprint density at radius 2 is 1.64 bits per heavy atom. The highest BCUT2D eigenvalue weighted by atomic mass is 16.6. The number of methoxy groups -OCH3 is 1. The van der Waals surface area contributed by atoms with Gasteiger partial charge in [-0.1, -0.05) is 24.3 Å². The van der Waals surface area contributed by atoms with Gasteiger partial charge in [-0.2, -0.15) is 0 Å². The van der Waals surface area contributed by atoms with Crippen molar-refractivity contribution < 1.29 is 23.8 Å². The second kappa shape index (κ2) is 8.84. The Morgan fingerprint density at radius 3 is 2.39 bits per heavy atom. The van der Waals surface area contributed by atoms with Gasteiger partial charge in [0.25, 0.3) is 5.91 Å². The maximum atomic E-state index is 13.1. The van der Waals surface area contributed by atoms with Gasteiger partial charge in [0.1, 0.15) is 12.4 Å². The molecule has 174 valence electrons. The van der Waals surface area contributed by atoms with Crippen molar-refractivity contribution in [3.63, 3.8) is 0 Å². The van der Waals surface area contributed by atoms with Gasteiger partial charge in [0.2, 0.25) is 6.10 Å². The number of hydrogen-bond donors (Lipinski definition) is 1. The van der Waals surface area contributed by atoms with Gasteiger partial charge in [0, 0.05) is 26.2 Å². The molecule has 0 radical (unpaired) electrons. The lowest BCUT2D eigenvalue weighted by Crippen LogP contribution is -2.48. The number of carbonyl (C=O) groups is 2. The molecule has 2 aromatic rings. The summed E-state index contributed by atoms with van der Waals surface area (Å²) in [6, 6.07) is 14.7. The number of nitrogens with zero attached hydrogens (tertiary/aromatic N) is 2. The molecule has 0 aromatic heterocycles. The number of piperidine rings is 1. The molecule has 5 rings (SSSR count). The molecule has 33 heavy (non-hydrogen) atoms. The normalized spacial score (nSPS) is 21.1. The van der Waals surface area contributed by atoms with Crippen LogP contribution in [0, 0.1) is 5.41 Å². The van der Waals surface area contributed by atoms with E-state index in [1.54, 1.807) is 7.11 Å². The number of amides is 3. The summed E-state index contributed by atoms with van der Waals surface area (Å²) in [6.45, 7) is 2.98. The molecule has 1 spiro atoms. The van der Waals surface area contributed by atoms with E-state index in [1.807, 2.05) is 58.3 Å². The van der Waals surface area contributed by atoms with Gasteiger partial charge in [-0.3, -0.25) is 4.79 Å². The summed E-state index contributed by atoms with van der Waals surface area (Å²) >= 11 is 0. The van der Waals surface area contributed by atoms with E-state index < -0.39 is 6.10 Å². The Hall–Kier alpha value is -3.42. The van der Waals surface area contributed by atoms with Gasteiger partial charge in [-0.05, 0) is 48.9 Å². The molecule has 1 unspecified atom stereocenters. The van der Waals surface area contributed by atoms with Crippen molar-refractivity contribution in [1.29, 1.82) is 0 Å². The fraction of sp³-hybridized carbons (Fsp3) is 0.440. The van der Waals surface area contributed by atoms with Gasteiger partial charge in [-0.25, -0.2) is 4.79 Å². The first-order valence-electron chi connectivity index (χ1n) is 11.4. The van der Waals surface area contributed by atoms with Crippen LogP contribution < -0.4 is 19.5 Å². The average Bonchev–Trinajstić information content (AvgIpc) is 3.27. The zero-order valence-electron chi connectivity index (χ0n) is 18.8. The van der Waals surface area contributed by atoms with E-state index in [9.17, 15) is 9.59 Å². The van der Waals surface area contributed by atoms with E-state index in [2.05, 4.69) is 5.32 Å². The Labute approximate surface area is 193 Å². The van der Waals surface area contributed by atoms with E-state index in [0.717, 1.165) is 19.3 Å². The van der Waals surface area contributed by atoms with Gasteiger partial charge in [-0.15, -0.1) is 0 Å². The maximum absolute atomic E-state index is 13.1. The average molecular weight is 452 g/mol. The molecule has 2 saturated heterocycles. The summed E-state index contributed by atoms with van der Waals surface area (Å²) in [4.78, 5) is 29.6. The van der Waals surface area contributed by atoms with Gasteiger partial charge in [0.15, 0.2) is 11.5 Å². The lowest BCUT2D eigenvalue weighted by Gasteiger charge is -2.39. The van der Waals surface area contributed by atoms with Crippen LogP contribution in [0.3, 0.4) is 0 Å². The molecule has 1 N–H and O–H groups in total. The number of urea groups is 1. The molecule has 3 aliphatic rings. The van der Waals surface area contributed by atoms with Crippen LogP contribution in [0.4, 0.5) is 10.5 Å². The number of benzene rings is 2. The first-order chi connectivity index (χ1) is 16.1. The van der Waals surface area contributed by atoms with Crippen LogP contribution >= 0.6 is 0 Å². The molecule has 2 aromatic carbocycles. The number of ether oxygens (including phenoxy) is 3. The molecule has 8 heteroatoms. The van der Waals surface area contributed by atoms with Crippen LogP contribution in [0.5, 0.6) is 17.2 Å². The van der Waals surface area contributed by atoms with E-state index in [-0.39, 0.29) is 24.0 Å². The highest BCUT2D eigenvalue weighted by molar-refractivity contribution is 5.91. The summed E-state index contributed by atoms with van der Waals surface area (Å²) in [6.07, 6.45) is 2.09. The third-order valence-corrected chi connectivity index (χ3v) is 6.99. The Balaban J connectivity index is 1.15. The first-order valence-corrected chi connectivity index (χ1v) is 11.4. The third kappa shape index (κ3) is 4.29. The number of fused-ring (bicyclic) bond motifs is 1. The minimum absolute atomic E-state index is 0.0160. The molecule has 3 heterocycles. The molecule has 8 nitrogen and oxygen atoms in total. The topological polar surface area (TPSA) is 80.3 Å². The first kappa shape index (κ1) is 21.4. The van der Waals surface area contributed by atoms with E-state index in [1.165, 1.54) is 0 Å². The SMILES string of the molecule is COc1ccccc1NC(=O)N1CCC2(CC1)CCN(C(=O)C1COc3ccccc3O1)C2. The highest BCUT2D eigenvalue weighted by Crippen LogP contribution is 2.41. The lowest BCUT2D eigenvalue weighted by atomic mass is 9.78. The third-order valence-electron chi connectivity index (χ3n) is 6.99. The monoisotopic (exact) mass is 451 g/mol. The van der Waals surface area contributed by atoms with Crippen LogP contribution in [0.2, 0.25) is 0 Å². The van der Waals surface area contributed by atoms with Crippen molar-refractivity contribution in [2.75, 3.05) is 45.2 Å². The van der Waals surface area contributed by atoms with E-state index in [4.69, 9.17) is 14.2 Å². The summed E-state index contributed by atoms with van der Waals surface area (Å²) in [7, 11) is 1.59. The van der Waals surface area contributed by atoms with E-state index >= 15 is 0 Å². The predicted octanol–water partition coefficient (Wildman–Crippen LogP) is 3.38. The quantitative estimate of drug-likeness (QED) is 0.774. The molecule has 0 saturated carbocycles. The number of anilines is 1. The maximum Gasteiger partial charge on any atom is 0.321 e. The molecular weight excluding hydrogens is 422 g/mol. The molecule has 3 aliphatic heterocycles. The summed E-state index contributed by atoms with van der Waals surface area (Å²) in [5.41, 5.74) is 0.726. The Kier molecular flexibility index (Phi) is 5.74. The van der Waals surface area contributed by atoms with Crippen molar-refractivity contribution in [2.45, 2.75) is 25.4 Å². The van der Waals surface area contributed by atoms with Crippen LogP contribution in [0.1, 0.15) is 19.3 Å². The van der Waals surface area contributed by atoms with Gasteiger partial charge < -0.3 is 29.3 Å². The van der Waals surface area contributed by atoms with Crippen molar-refractivity contribution in [2.24, 2.45) is 5.41 Å². The Bertz CT molecular complexity index is 1030. The highest BCUT2D eigenvalue weighted by Gasteiger charge is 2.44. The van der Waals surface area contributed by atoms with Crippen molar-refractivity contribution in [3.8, 4) is 17.2 Å². The smallest absolute Gasteiger partial charge is 0.321 e. The number of hydrogen-bond acceptors (Lipinski definition) is 5. The summed E-state index contributed by atoms with van der Waals surface area (Å²) < 4.78 is 17.0. The van der Waals surface area contributed by atoms with Crippen molar-refractivity contribution in [1.82, 2.24) is 9.80 Å². The number of carbonyl (C=O) groups excluding carboxylic acids is 2. The van der Waals surface area contributed by atoms with Crippen molar-refractivity contribution in [3.05, 3.63) is 48.5 Å². The van der Waals surface area contributed by atoms with Gasteiger partial charge >= 0.3 is 6.03 Å². The molecule has 0 bridgehead atoms. The second-order valence-corrected chi connectivity index (χ2v) is 8.99. The van der Waals surface area contributed by atoms with Crippen LogP contribution in [-0.4, -0.2) is 67.7 Å². The van der Waals surface area contributed by atoms with Crippen LogP contribution in [0.15, 0.2) is 48.5 Å². The molecule has 3 amide bonds. The molecular formula is C25H29N3O5. The fourth-order valence-electron chi connectivity index (χ4n) is 5.00. The standard InChI is InChI=1S/C25H29N3O5/c1-31-19-7-3-2-6-18(19)26-24(30)27-13-10-25(11-14-27)12-15-28(17-25)23(29)22-16-32-20-8-4-5-9-21(20)33-22/h2-9,22H,10-17H2,1H3,(H,26,30). The minimum atomic E-state index is -0.609. The fourth-order valence-corrected chi connectivity index (χ4v) is 5.00. The number of nitrogens with one attached hydrogen (secondary N) is 1. The zero-order chi connectivity index (χ0) is 22.8. The number of likely N-dealkylation sites (tertiary alicyclic amines) is 2. The van der Waals surface area contributed by atoms with Gasteiger partial charge in [0.05, 0.1) is 12.8 Å². The second-order valence-electron chi connectivity index (χ2n) is 8.99. The van der Waals surface area contributed by atoms with Crippen LogP contribution in [-0.2, 0) is 4.79 Å². The minimum Gasteiger partial charge on any atom is -0.495 e. The Morgan fingerprint density at radius 1 is 0.970 bits per heavy atom. The molecule has 0 aliphatic carbocycles. The largest absolute Gasteiger partial charge is 0.495 e. The summed E-state index contributed by atoms with van der Waals surface area (Å²) in [5, 5.41) is 2.96. The predicted molar refractivity (Wildman–Crippen MR) is 123 cm³/mol. The molecule has 1 atom stereocenters. The molecule has 2 fully saturated rings. The van der Waals surface area contributed by atoms with Crippen LogP contribution in [0.25, 0.3) is 0 Å². The number of rotatable bonds is 3. The zero-order valence-corrected chi connectivity index (χ0v) is 18.8. The summed E-state index contributed by atoms with van der Waals surface area (Å²) in [5.74, 6) is 1.92. The lowest BCUT2D eigenvalue weighted by molar-refractivity contribution is -0.140. The van der Waals surface area contributed by atoms with E-state index in [0.29, 0.717) is 49.1 Å².